The van der Waals surface area contributed by atoms with Gasteiger partial charge in [-0.05, 0) is 68.0 Å². The molecule has 1 atom stereocenters. The van der Waals surface area contributed by atoms with E-state index in [4.69, 9.17) is 9.47 Å². The Morgan fingerprint density at radius 1 is 1.06 bits per heavy atom. The van der Waals surface area contributed by atoms with Gasteiger partial charge in [-0.3, -0.25) is 9.69 Å². The van der Waals surface area contributed by atoms with E-state index in [1.807, 2.05) is 53.3 Å². The van der Waals surface area contributed by atoms with Crippen LogP contribution in [-0.4, -0.2) is 54.4 Å². The summed E-state index contributed by atoms with van der Waals surface area (Å²) in [6.07, 6.45) is 7.98. The highest BCUT2D eigenvalue weighted by molar-refractivity contribution is 5.82. The van der Waals surface area contributed by atoms with E-state index < -0.39 is 0 Å². The van der Waals surface area contributed by atoms with Gasteiger partial charge in [-0.25, -0.2) is 4.68 Å². The molecule has 0 radical (unpaired) electrons. The number of likely N-dealkylation sites (tertiary alicyclic amines) is 1. The van der Waals surface area contributed by atoms with Crippen molar-refractivity contribution in [2.24, 2.45) is 11.3 Å². The summed E-state index contributed by atoms with van der Waals surface area (Å²) >= 11 is 0. The fourth-order valence-electron chi connectivity index (χ4n) is 5.43. The first-order chi connectivity index (χ1) is 17.1. The Hall–Kier alpha value is -3.32. The van der Waals surface area contributed by atoms with E-state index in [0.29, 0.717) is 6.54 Å². The summed E-state index contributed by atoms with van der Waals surface area (Å²) in [5.41, 5.74) is 3.46. The van der Waals surface area contributed by atoms with Gasteiger partial charge in [0.2, 0.25) is 5.91 Å². The molecule has 1 aliphatic heterocycles. The van der Waals surface area contributed by atoms with Crippen LogP contribution in [0.2, 0.25) is 0 Å². The molecule has 1 saturated carbocycles. The quantitative estimate of drug-likeness (QED) is 0.510. The number of piperidine rings is 1. The van der Waals surface area contributed by atoms with Crippen LogP contribution in [0.3, 0.4) is 0 Å². The monoisotopic (exact) mass is 474 g/mol. The van der Waals surface area contributed by atoms with Gasteiger partial charge >= 0.3 is 0 Å². The number of hydrogen-bond acceptors (Lipinski definition) is 5. The SMILES string of the molecule is COc1ccccc1CCNC(=O)C1CC12CCN(Cc1cnn(-c3ccccc3OC)c1)CC2. The van der Waals surface area contributed by atoms with Crippen molar-refractivity contribution in [2.75, 3.05) is 33.9 Å². The number of rotatable bonds is 9. The van der Waals surface area contributed by atoms with E-state index in [1.54, 1.807) is 14.2 Å². The molecule has 2 heterocycles. The highest BCUT2D eigenvalue weighted by Crippen LogP contribution is 2.59. The minimum Gasteiger partial charge on any atom is -0.496 e. The molecule has 0 bridgehead atoms. The molecule has 1 saturated heterocycles. The average molecular weight is 475 g/mol. The highest BCUT2D eigenvalue weighted by atomic mass is 16.5. The zero-order chi connectivity index (χ0) is 24.3. The van der Waals surface area contributed by atoms with Gasteiger partial charge < -0.3 is 14.8 Å². The second-order valence-electron chi connectivity index (χ2n) is 9.71. The molecule has 7 heteroatoms. The molecule has 1 aliphatic carbocycles. The van der Waals surface area contributed by atoms with Crippen molar-refractivity contribution in [3.8, 4) is 17.2 Å². The molecule has 184 valence electrons. The maximum Gasteiger partial charge on any atom is 0.223 e. The van der Waals surface area contributed by atoms with Gasteiger partial charge in [0.15, 0.2) is 0 Å². The van der Waals surface area contributed by atoms with Gasteiger partial charge in [0.1, 0.15) is 17.2 Å². The topological polar surface area (TPSA) is 68.6 Å². The number of nitrogens with zero attached hydrogens (tertiary/aromatic N) is 3. The summed E-state index contributed by atoms with van der Waals surface area (Å²) in [6.45, 7) is 3.56. The van der Waals surface area contributed by atoms with Crippen molar-refractivity contribution in [1.82, 2.24) is 20.0 Å². The van der Waals surface area contributed by atoms with Gasteiger partial charge in [-0.15, -0.1) is 0 Å². The van der Waals surface area contributed by atoms with E-state index >= 15 is 0 Å². The number of nitrogens with one attached hydrogen (secondary N) is 1. The lowest BCUT2D eigenvalue weighted by molar-refractivity contribution is -0.123. The van der Waals surface area contributed by atoms with Gasteiger partial charge in [0.25, 0.3) is 0 Å². The molecule has 1 amide bonds. The van der Waals surface area contributed by atoms with E-state index in [2.05, 4.69) is 27.6 Å². The summed E-state index contributed by atoms with van der Waals surface area (Å²) in [7, 11) is 3.36. The van der Waals surface area contributed by atoms with Gasteiger partial charge in [-0.1, -0.05) is 30.3 Å². The van der Waals surface area contributed by atoms with Crippen LogP contribution in [0.15, 0.2) is 60.9 Å². The maximum atomic E-state index is 12.8. The molecule has 3 aromatic rings. The van der Waals surface area contributed by atoms with Crippen LogP contribution in [0.1, 0.15) is 30.4 Å². The molecule has 1 N–H and O–H groups in total. The van der Waals surface area contributed by atoms with Gasteiger partial charge in [-0.2, -0.15) is 5.10 Å². The van der Waals surface area contributed by atoms with Crippen molar-refractivity contribution in [3.63, 3.8) is 0 Å². The maximum absolute atomic E-state index is 12.8. The van der Waals surface area contributed by atoms with E-state index in [9.17, 15) is 4.79 Å². The standard InChI is InChI=1S/C28H34N4O3/c1-34-25-9-5-3-7-22(25)11-14-29-27(33)23-17-28(23)12-15-31(16-13-28)19-21-18-30-32(20-21)24-8-4-6-10-26(24)35-2/h3-10,18,20,23H,11-17,19H2,1-2H3,(H,29,33). The van der Waals surface area contributed by atoms with Crippen molar-refractivity contribution >= 4 is 5.91 Å². The van der Waals surface area contributed by atoms with Gasteiger partial charge in [0, 0.05) is 30.8 Å². The molecular formula is C28H34N4O3. The number of ether oxygens (including phenoxy) is 2. The third kappa shape index (κ3) is 5.05. The number of amides is 1. The minimum absolute atomic E-state index is 0.163. The fraction of sp³-hybridized carbons (Fsp3) is 0.429. The third-order valence-corrected chi connectivity index (χ3v) is 7.62. The molecular weight excluding hydrogens is 440 g/mol. The Morgan fingerprint density at radius 3 is 2.54 bits per heavy atom. The number of carbonyl (C=O) groups excluding carboxylic acids is 1. The lowest BCUT2D eigenvalue weighted by Gasteiger charge is -2.32. The van der Waals surface area contributed by atoms with E-state index in [1.165, 1.54) is 5.56 Å². The molecule has 2 aromatic carbocycles. The molecule has 1 spiro atoms. The predicted octanol–water partition coefficient (Wildman–Crippen LogP) is 3.85. The zero-order valence-corrected chi connectivity index (χ0v) is 20.6. The Balaban J connectivity index is 1.09. The molecule has 1 unspecified atom stereocenters. The van der Waals surface area contributed by atoms with Crippen LogP contribution in [0.4, 0.5) is 0 Å². The molecule has 2 aliphatic rings. The van der Waals surface area contributed by atoms with Crippen LogP contribution in [0, 0.1) is 11.3 Å². The third-order valence-electron chi connectivity index (χ3n) is 7.62. The summed E-state index contributed by atoms with van der Waals surface area (Å²) < 4.78 is 12.8. The number of para-hydroxylation sites is 3. The van der Waals surface area contributed by atoms with E-state index in [0.717, 1.165) is 68.1 Å². The van der Waals surface area contributed by atoms with Crippen LogP contribution in [0.25, 0.3) is 5.69 Å². The summed E-state index contributed by atoms with van der Waals surface area (Å²) in [5, 5.41) is 7.71. The fourth-order valence-corrected chi connectivity index (χ4v) is 5.43. The lowest BCUT2D eigenvalue weighted by Crippen LogP contribution is -2.37. The molecule has 2 fully saturated rings. The summed E-state index contributed by atoms with van der Waals surface area (Å²) in [5.74, 6) is 2.07. The summed E-state index contributed by atoms with van der Waals surface area (Å²) in [6, 6.07) is 15.9. The Labute approximate surface area is 207 Å². The zero-order valence-electron chi connectivity index (χ0n) is 20.6. The lowest BCUT2D eigenvalue weighted by atomic mass is 9.90. The Morgan fingerprint density at radius 2 is 1.77 bits per heavy atom. The normalized spacial score (nSPS) is 18.9. The van der Waals surface area contributed by atoms with Crippen LogP contribution >= 0.6 is 0 Å². The number of methoxy groups -OCH3 is 2. The van der Waals surface area contributed by atoms with Crippen LogP contribution in [0.5, 0.6) is 11.5 Å². The number of hydrogen-bond donors (Lipinski definition) is 1. The second-order valence-corrected chi connectivity index (χ2v) is 9.71. The highest BCUT2D eigenvalue weighted by Gasteiger charge is 2.58. The van der Waals surface area contributed by atoms with Crippen LogP contribution in [-0.2, 0) is 17.8 Å². The van der Waals surface area contributed by atoms with Gasteiger partial charge in [0.05, 0.1) is 20.4 Å². The minimum atomic E-state index is 0.163. The number of benzene rings is 2. The molecule has 35 heavy (non-hydrogen) atoms. The number of carbonyl (C=O) groups is 1. The van der Waals surface area contributed by atoms with E-state index in [-0.39, 0.29) is 17.2 Å². The molecule has 7 nitrogen and oxygen atoms in total. The number of aromatic nitrogens is 2. The predicted molar refractivity (Wildman–Crippen MR) is 135 cm³/mol. The second kappa shape index (κ2) is 10.1. The summed E-state index contributed by atoms with van der Waals surface area (Å²) in [4.78, 5) is 15.3. The first-order valence-corrected chi connectivity index (χ1v) is 12.4. The Kier molecular flexibility index (Phi) is 6.77. The Bertz CT molecular complexity index is 1170. The molecule has 5 rings (SSSR count). The average Bonchev–Trinajstić information content (AvgIpc) is 3.40. The first kappa shape index (κ1) is 23.4. The van der Waals surface area contributed by atoms with Crippen molar-refractivity contribution in [1.29, 1.82) is 0 Å². The largest absolute Gasteiger partial charge is 0.496 e. The van der Waals surface area contributed by atoms with Crippen LogP contribution < -0.4 is 14.8 Å². The van der Waals surface area contributed by atoms with Crippen molar-refractivity contribution < 1.29 is 14.3 Å². The molecule has 1 aromatic heterocycles. The smallest absolute Gasteiger partial charge is 0.223 e. The van der Waals surface area contributed by atoms with Crippen molar-refractivity contribution in [3.05, 3.63) is 72.1 Å². The van der Waals surface area contributed by atoms with Crippen molar-refractivity contribution in [2.45, 2.75) is 32.2 Å². The first-order valence-electron chi connectivity index (χ1n) is 12.4.